The molecule has 0 bridgehead atoms. The Morgan fingerprint density at radius 1 is 1.21 bits per heavy atom. The molecule has 3 aromatic rings. The van der Waals surface area contributed by atoms with E-state index in [1.165, 1.54) is 19.1 Å². The lowest BCUT2D eigenvalue weighted by Crippen LogP contribution is -2.15. The van der Waals surface area contributed by atoms with Crippen LogP contribution in [-0.2, 0) is 10.0 Å². The Labute approximate surface area is 163 Å². The predicted molar refractivity (Wildman–Crippen MR) is 98.1 cm³/mol. The molecule has 0 fully saturated rings. The molecule has 0 aliphatic rings. The minimum Gasteiger partial charge on any atom is -0.507 e. The lowest BCUT2D eigenvalue weighted by atomic mass is 10.1. The van der Waals surface area contributed by atoms with Crippen molar-refractivity contribution >= 4 is 21.9 Å². The Morgan fingerprint density at radius 3 is 2.59 bits per heavy atom. The van der Waals surface area contributed by atoms with Crippen molar-refractivity contribution < 1.29 is 31.5 Å². The molecule has 2 heterocycles. The van der Waals surface area contributed by atoms with Gasteiger partial charge in [-0.05, 0) is 43.3 Å². The quantitative estimate of drug-likeness (QED) is 0.502. The van der Waals surface area contributed by atoms with E-state index in [9.17, 15) is 31.9 Å². The van der Waals surface area contributed by atoms with Crippen LogP contribution < -0.4 is 5.63 Å². The molecular formula is C19H13F2NO6S. The molecule has 0 radical (unpaired) electrons. The van der Waals surface area contributed by atoms with E-state index in [0.29, 0.717) is 10.0 Å². The second-order valence-electron chi connectivity index (χ2n) is 5.91. The van der Waals surface area contributed by atoms with Gasteiger partial charge in [-0.15, -0.1) is 0 Å². The molecule has 150 valence electrons. The minimum absolute atomic E-state index is 0.0435. The van der Waals surface area contributed by atoms with Gasteiger partial charge in [0.1, 0.15) is 33.6 Å². The Bertz CT molecular complexity index is 1300. The van der Waals surface area contributed by atoms with Crippen molar-refractivity contribution in [1.29, 1.82) is 0 Å². The van der Waals surface area contributed by atoms with Crippen LogP contribution in [0.15, 0.2) is 62.8 Å². The molecule has 0 saturated carbocycles. The largest absolute Gasteiger partial charge is 0.507 e. The van der Waals surface area contributed by atoms with Gasteiger partial charge in [-0.2, -0.15) is 0 Å². The lowest BCUT2D eigenvalue weighted by Gasteiger charge is -2.09. The van der Waals surface area contributed by atoms with E-state index in [0.717, 1.165) is 36.5 Å². The van der Waals surface area contributed by atoms with Crippen molar-refractivity contribution in [2.75, 3.05) is 0 Å². The van der Waals surface area contributed by atoms with E-state index in [-0.39, 0.29) is 11.5 Å². The number of ketones is 1. The Hall–Kier alpha value is -3.53. The van der Waals surface area contributed by atoms with E-state index >= 15 is 0 Å². The highest BCUT2D eigenvalue weighted by atomic mass is 32.2. The van der Waals surface area contributed by atoms with Gasteiger partial charge in [0, 0.05) is 18.3 Å². The summed E-state index contributed by atoms with van der Waals surface area (Å²) in [6, 6.07) is 5.77. The van der Waals surface area contributed by atoms with Crippen LogP contribution in [0.1, 0.15) is 21.8 Å². The maximum Gasteiger partial charge on any atom is 0.351 e. The molecule has 1 N–H and O–H groups in total. The maximum atomic E-state index is 13.9. The van der Waals surface area contributed by atoms with Crippen molar-refractivity contribution in [2.45, 2.75) is 11.8 Å². The third-order valence-electron chi connectivity index (χ3n) is 3.88. The number of aromatic nitrogens is 1. The third-order valence-corrected chi connectivity index (χ3v) is 5.62. The fourth-order valence-corrected chi connectivity index (χ4v) is 3.97. The molecule has 1 aromatic carbocycles. The fraction of sp³-hybridized carbons (Fsp3) is 0.0526. The number of rotatable bonds is 5. The van der Waals surface area contributed by atoms with E-state index in [1.807, 2.05) is 0 Å². The number of carbonyl (C=O) groups excluding carboxylic acids is 1. The predicted octanol–water partition coefficient (Wildman–Crippen LogP) is 2.87. The number of hydrogen-bond acceptors (Lipinski definition) is 6. The number of allylic oxidation sites excluding steroid dienone is 1. The fourth-order valence-electron chi connectivity index (χ4n) is 2.58. The number of carbonyl (C=O) groups is 1. The highest BCUT2D eigenvalue weighted by Gasteiger charge is 2.23. The van der Waals surface area contributed by atoms with Crippen molar-refractivity contribution in [3.05, 3.63) is 87.7 Å². The molecule has 0 amide bonds. The summed E-state index contributed by atoms with van der Waals surface area (Å²) < 4.78 is 57.8. The third kappa shape index (κ3) is 3.87. The second-order valence-corrected chi connectivity index (χ2v) is 7.69. The van der Waals surface area contributed by atoms with Crippen LogP contribution in [0.5, 0.6) is 5.75 Å². The van der Waals surface area contributed by atoms with E-state index in [2.05, 4.69) is 0 Å². The zero-order valence-corrected chi connectivity index (χ0v) is 15.6. The maximum absolute atomic E-state index is 13.9. The topological polar surface area (TPSA) is 107 Å². The average Bonchev–Trinajstić information content (AvgIpc) is 3.08. The smallest absolute Gasteiger partial charge is 0.351 e. The zero-order chi connectivity index (χ0) is 21.3. The standard InChI is InChI=1S/C19H13F2NO6S/c1-11-9-16(24)18(19(25)28-11)15(23)6-5-13-3-2-8-22(13)29(26,27)17-7-4-12(20)10-14(17)21/h2-10,24H,1H3/b6-5+. The Morgan fingerprint density at radius 2 is 1.93 bits per heavy atom. The van der Waals surface area contributed by atoms with Gasteiger partial charge in [-0.1, -0.05) is 0 Å². The molecule has 3 rings (SSSR count). The monoisotopic (exact) mass is 421 g/mol. The first kappa shape index (κ1) is 20.2. The highest BCUT2D eigenvalue weighted by molar-refractivity contribution is 7.90. The van der Waals surface area contributed by atoms with Gasteiger partial charge in [0.05, 0.1) is 5.69 Å². The summed E-state index contributed by atoms with van der Waals surface area (Å²) in [5, 5.41) is 9.80. The summed E-state index contributed by atoms with van der Waals surface area (Å²) in [6.07, 6.45) is 3.05. The van der Waals surface area contributed by atoms with Gasteiger partial charge >= 0.3 is 5.63 Å². The number of hydrogen-bond donors (Lipinski definition) is 1. The SMILES string of the molecule is Cc1cc(O)c(C(=O)/C=C/c2cccn2S(=O)(=O)c2ccc(F)cc2F)c(=O)o1. The van der Waals surface area contributed by atoms with Crippen molar-refractivity contribution in [3.8, 4) is 5.75 Å². The molecule has 0 aliphatic heterocycles. The van der Waals surface area contributed by atoms with E-state index in [1.54, 1.807) is 0 Å². The number of benzene rings is 1. The van der Waals surface area contributed by atoms with Crippen LogP contribution in [0.3, 0.4) is 0 Å². The van der Waals surface area contributed by atoms with Gasteiger partial charge in [0.15, 0.2) is 5.78 Å². The molecule has 0 aliphatic carbocycles. The summed E-state index contributed by atoms with van der Waals surface area (Å²) in [5.41, 5.74) is -1.70. The molecule has 0 saturated heterocycles. The first-order valence-electron chi connectivity index (χ1n) is 8.05. The molecule has 10 heteroatoms. The van der Waals surface area contributed by atoms with Crippen LogP contribution in [-0.4, -0.2) is 23.3 Å². The van der Waals surface area contributed by atoms with Crippen LogP contribution in [0.2, 0.25) is 0 Å². The summed E-state index contributed by atoms with van der Waals surface area (Å²) in [6.45, 7) is 1.41. The summed E-state index contributed by atoms with van der Waals surface area (Å²) in [4.78, 5) is 23.3. The van der Waals surface area contributed by atoms with Crippen molar-refractivity contribution in [3.63, 3.8) is 0 Å². The van der Waals surface area contributed by atoms with Crippen LogP contribution in [0.4, 0.5) is 8.78 Å². The van der Waals surface area contributed by atoms with Crippen LogP contribution in [0.25, 0.3) is 6.08 Å². The lowest BCUT2D eigenvalue weighted by molar-refractivity contribution is 0.104. The van der Waals surface area contributed by atoms with Gasteiger partial charge < -0.3 is 9.52 Å². The number of nitrogens with zero attached hydrogens (tertiary/aromatic N) is 1. The van der Waals surface area contributed by atoms with Crippen LogP contribution in [0, 0.1) is 18.6 Å². The zero-order valence-electron chi connectivity index (χ0n) is 14.8. The van der Waals surface area contributed by atoms with Gasteiger partial charge in [-0.25, -0.2) is 26.0 Å². The summed E-state index contributed by atoms with van der Waals surface area (Å²) in [5.74, 6) is -3.60. The van der Waals surface area contributed by atoms with E-state index < -0.39 is 49.3 Å². The van der Waals surface area contributed by atoms with Crippen molar-refractivity contribution in [2.24, 2.45) is 0 Å². The average molecular weight is 421 g/mol. The van der Waals surface area contributed by atoms with Crippen molar-refractivity contribution in [1.82, 2.24) is 3.97 Å². The molecule has 0 atom stereocenters. The number of aryl methyl sites for hydroxylation is 1. The normalized spacial score (nSPS) is 11.8. The highest BCUT2D eigenvalue weighted by Crippen LogP contribution is 2.22. The number of halogens is 2. The molecular weight excluding hydrogens is 408 g/mol. The molecule has 29 heavy (non-hydrogen) atoms. The molecule has 2 aromatic heterocycles. The number of aromatic hydroxyl groups is 1. The Balaban J connectivity index is 1.99. The first-order valence-corrected chi connectivity index (χ1v) is 9.49. The van der Waals surface area contributed by atoms with E-state index in [4.69, 9.17) is 4.42 Å². The second kappa shape index (κ2) is 7.47. The molecule has 0 unspecified atom stereocenters. The molecule has 0 spiro atoms. The first-order chi connectivity index (χ1) is 13.6. The summed E-state index contributed by atoms with van der Waals surface area (Å²) >= 11 is 0. The minimum atomic E-state index is -4.43. The van der Waals surface area contributed by atoms with Gasteiger partial charge in [0.2, 0.25) is 0 Å². The summed E-state index contributed by atoms with van der Waals surface area (Å²) in [7, 11) is -4.43. The van der Waals surface area contributed by atoms with Gasteiger partial charge in [0.25, 0.3) is 10.0 Å². The molecule has 7 nitrogen and oxygen atoms in total. The van der Waals surface area contributed by atoms with Crippen LogP contribution >= 0.6 is 0 Å². The Kier molecular flexibility index (Phi) is 5.21. The van der Waals surface area contributed by atoms with Gasteiger partial charge in [-0.3, -0.25) is 4.79 Å².